The first-order valence-electron chi connectivity index (χ1n) is 7.84. The van der Waals surface area contributed by atoms with E-state index in [1.807, 2.05) is 60.7 Å². The number of carboxylic acid groups (broad SMARTS) is 2. The van der Waals surface area contributed by atoms with Gasteiger partial charge in [-0.1, -0.05) is 60.7 Å². The number of carboxylic acids is 2. The Balaban J connectivity index is 0.00000312. The maximum Gasteiger partial charge on any atom is 0.332 e. The molecule has 0 aliphatic rings. The van der Waals surface area contributed by atoms with E-state index in [4.69, 9.17) is 0 Å². The van der Waals surface area contributed by atoms with Crippen LogP contribution in [0.15, 0.2) is 71.8 Å². The van der Waals surface area contributed by atoms with Crippen molar-refractivity contribution in [3.63, 3.8) is 0 Å². The Morgan fingerprint density at radius 3 is 1.19 bits per heavy atom. The number of aliphatic carboxylic acids is 2. The molecule has 2 aromatic carbocycles. The van der Waals surface area contributed by atoms with Crippen LogP contribution in [0.3, 0.4) is 0 Å². The molecule has 0 heterocycles. The first-order valence-corrected chi connectivity index (χ1v) is 7.84. The zero-order valence-electron chi connectivity index (χ0n) is 15.3. The van der Waals surface area contributed by atoms with E-state index < -0.39 is 11.9 Å². The largest absolute Gasteiger partial charge is 0.478 e. The third-order valence-electron chi connectivity index (χ3n) is 3.89. The smallest absolute Gasteiger partial charge is 0.332 e. The van der Waals surface area contributed by atoms with Gasteiger partial charge in [0.15, 0.2) is 0 Å². The van der Waals surface area contributed by atoms with Crippen LogP contribution in [0.1, 0.15) is 24.0 Å². The Kier molecular flexibility index (Phi) is 12.9. The predicted molar refractivity (Wildman–Crippen MR) is 103 cm³/mol. The first kappa shape index (κ1) is 25.1. The standard InChI is InChI=1S/C20H20O4.2Na/c21-19(22)17(13-11-15-7-3-1-4-8-15)18(20(23)24)14-12-16-9-5-2-6-10-16;;/h1-10H,11-14H2,(H,21,22)(H,23,24);;. The Morgan fingerprint density at radius 2 is 0.923 bits per heavy atom. The van der Waals surface area contributed by atoms with Gasteiger partial charge >= 0.3 is 11.9 Å². The van der Waals surface area contributed by atoms with Crippen molar-refractivity contribution in [2.45, 2.75) is 25.7 Å². The van der Waals surface area contributed by atoms with Gasteiger partial charge in [-0.3, -0.25) is 0 Å². The summed E-state index contributed by atoms with van der Waals surface area (Å²) in [5.74, 6) is -2.31. The number of benzene rings is 2. The summed E-state index contributed by atoms with van der Waals surface area (Å²) >= 11 is 0. The van der Waals surface area contributed by atoms with Gasteiger partial charge in [-0.25, -0.2) is 9.59 Å². The molecule has 0 bridgehead atoms. The first-order chi connectivity index (χ1) is 11.6. The van der Waals surface area contributed by atoms with Gasteiger partial charge in [0.05, 0.1) is 0 Å². The minimum absolute atomic E-state index is 0. The summed E-state index contributed by atoms with van der Waals surface area (Å²) in [6, 6.07) is 18.9. The molecule has 0 amide bonds. The predicted octanol–water partition coefficient (Wildman–Crippen LogP) is 2.96. The van der Waals surface area contributed by atoms with E-state index in [9.17, 15) is 19.8 Å². The molecule has 0 saturated carbocycles. The van der Waals surface area contributed by atoms with Crippen molar-refractivity contribution in [1.29, 1.82) is 0 Å². The molecule has 126 valence electrons. The van der Waals surface area contributed by atoms with Crippen LogP contribution in [-0.2, 0) is 22.4 Å². The SMILES string of the molecule is O=C(O)C(CCc1ccccc1)=C(CCc1ccccc1)C(=O)O.[Na].[Na]. The van der Waals surface area contributed by atoms with E-state index in [-0.39, 0.29) is 83.1 Å². The van der Waals surface area contributed by atoms with Crippen LogP contribution in [-0.4, -0.2) is 81.3 Å². The van der Waals surface area contributed by atoms with Gasteiger partial charge in [0.25, 0.3) is 0 Å². The molecule has 2 aromatic rings. The van der Waals surface area contributed by atoms with Gasteiger partial charge in [0.2, 0.25) is 0 Å². The van der Waals surface area contributed by atoms with Gasteiger partial charge in [-0.2, -0.15) is 0 Å². The van der Waals surface area contributed by atoms with Crippen molar-refractivity contribution >= 4 is 71.1 Å². The second-order valence-electron chi connectivity index (χ2n) is 5.54. The Morgan fingerprint density at radius 1 is 0.615 bits per heavy atom. The van der Waals surface area contributed by atoms with Crippen LogP contribution >= 0.6 is 0 Å². The monoisotopic (exact) mass is 370 g/mol. The van der Waals surface area contributed by atoms with Gasteiger partial charge in [-0.05, 0) is 36.8 Å². The number of rotatable bonds is 8. The molecule has 26 heavy (non-hydrogen) atoms. The summed E-state index contributed by atoms with van der Waals surface area (Å²) in [4.78, 5) is 23.1. The molecule has 2 N–H and O–H groups in total. The molecule has 6 heteroatoms. The summed E-state index contributed by atoms with van der Waals surface area (Å²) in [7, 11) is 0. The maximum absolute atomic E-state index is 11.6. The fraction of sp³-hybridized carbons (Fsp3) is 0.200. The molecule has 0 unspecified atom stereocenters. The average molecular weight is 370 g/mol. The van der Waals surface area contributed by atoms with Crippen LogP contribution in [0.25, 0.3) is 0 Å². The number of carbonyl (C=O) groups is 2. The van der Waals surface area contributed by atoms with Crippen molar-refractivity contribution in [2.24, 2.45) is 0 Å². The molecular formula is C20H20Na2O4. The molecule has 0 fully saturated rings. The summed E-state index contributed by atoms with van der Waals surface area (Å²) in [5, 5.41) is 18.9. The van der Waals surface area contributed by atoms with Gasteiger partial charge in [0.1, 0.15) is 0 Å². The van der Waals surface area contributed by atoms with E-state index in [1.54, 1.807) is 0 Å². The summed E-state index contributed by atoms with van der Waals surface area (Å²) in [5.41, 5.74) is 1.96. The summed E-state index contributed by atoms with van der Waals surface area (Å²) in [6.45, 7) is 0. The van der Waals surface area contributed by atoms with Crippen molar-refractivity contribution in [3.05, 3.63) is 82.9 Å². The third-order valence-corrected chi connectivity index (χ3v) is 3.89. The van der Waals surface area contributed by atoms with E-state index >= 15 is 0 Å². The zero-order valence-corrected chi connectivity index (χ0v) is 19.3. The molecule has 0 saturated heterocycles. The molecule has 0 atom stereocenters. The molecule has 2 radical (unpaired) electrons. The molecule has 0 aliphatic heterocycles. The normalized spacial score (nSPS) is 10.8. The minimum atomic E-state index is -1.16. The van der Waals surface area contributed by atoms with Gasteiger partial charge in [0, 0.05) is 70.3 Å². The quantitative estimate of drug-likeness (QED) is 0.553. The molecule has 4 nitrogen and oxygen atoms in total. The number of aryl methyl sites for hydroxylation is 2. The second-order valence-corrected chi connectivity index (χ2v) is 5.54. The summed E-state index contributed by atoms with van der Waals surface area (Å²) < 4.78 is 0. The Hall–Kier alpha value is -0.880. The molecule has 0 aliphatic carbocycles. The van der Waals surface area contributed by atoms with E-state index in [0.29, 0.717) is 12.8 Å². The third kappa shape index (κ3) is 8.21. The fourth-order valence-electron chi connectivity index (χ4n) is 2.60. The van der Waals surface area contributed by atoms with Crippen LogP contribution < -0.4 is 0 Å². The molecular weight excluding hydrogens is 350 g/mol. The van der Waals surface area contributed by atoms with Crippen molar-refractivity contribution in [1.82, 2.24) is 0 Å². The maximum atomic E-state index is 11.6. The zero-order chi connectivity index (χ0) is 17.4. The second kappa shape index (κ2) is 13.3. The molecule has 0 aromatic heterocycles. The number of hydrogen-bond acceptors (Lipinski definition) is 2. The fourth-order valence-corrected chi connectivity index (χ4v) is 2.60. The van der Waals surface area contributed by atoms with Gasteiger partial charge < -0.3 is 10.2 Å². The topological polar surface area (TPSA) is 74.6 Å². The van der Waals surface area contributed by atoms with E-state index in [1.165, 1.54) is 0 Å². The van der Waals surface area contributed by atoms with Crippen molar-refractivity contribution in [3.8, 4) is 0 Å². The number of hydrogen-bond donors (Lipinski definition) is 2. The van der Waals surface area contributed by atoms with Crippen molar-refractivity contribution < 1.29 is 19.8 Å². The van der Waals surface area contributed by atoms with Crippen LogP contribution in [0, 0.1) is 0 Å². The van der Waals surface area contributed by atoms with Crippen LogP contribution in [0.2, 0.25) is 0 Å². The minimum Gasteiger partial charge on any atom is -0.478 e. The Labute approximate surface area is 197 Å². The van der Waals surface area contributed by atoms with Crippen LogP contribution in [0.4, 0.5) is 0 Å². The molecule has 2 rings (SSSR count). The van der Waals surface area contributed by atoms with E-state index in [2.05, 4.69) is 0 Å². The van der Waals surface area contributed by atoms with Crippen molar-refractivity contribution in [2.75, 3.05) is 0 Å². The van der Waals surface area contributed by atoms with Crippen LogP contribution in [0.5, 0.6) is 0 Å². The Bertz CT molecular complexity index is 664. The summed E-state index contributed by atoms with van der Waals surface area (Å²) in [6.07, 6.45) is 1.42. The van der Waals surface area contributed by atoms with E-state index in [0.717, 1.165) is 11.1 Å². The van der Waals surface area contributed by atoms with Gasteiger partial charge in [-0.15, -0.1) is 0 Å². The molecule has 0 spiro atoms. The average Bonchev–Trinajstić information content (AvgIpc) is 2.59.